The third-order valence-electron chi connectivity index (χ3n) is 7.53. The smallest absolute Gasteiger partial charge is 0.308 e. The molecule has 0 aliphatic carbocycles. The number of methoxy groups -OCH3 is 3. The van der Waals surface area contributed by atoms with E-state index < -0.39 is 23.0 Å². The van der Waals surface area contributed by atoms with Gasteiger partial charge in [-0.1, -0.05) is 41.3 Å². The molecule has 3 unspecified atom stereocenters. The Hall–Kier alpha value is -4.55. The summed E-state index contributed by atoms with van der Waals surface area (Å²) in [5, 5.41) is 2.49. The lowest BCUT2D eigenvalue weighted by atomic mass is 9.82. The minimum Gasteiger partial charge on any atom is -0.497 e. The molecule has 4 aromatic rings. The molecule has 1 fully saturated rings. The van der Waals surface area contributed by atoms with Gasteiger partial charge in [0.15, 0.2) is 0 Å². The lowest BCUT2D eigenvalue weighted by molar-refractivity contribution is -0.122. The number of nitrogens with one attached hydrogen (secondary N) is 1. The van der Waals surface area contributed by atoms with E-state index in [1.165, 1.54) is 16.6 Å². The molecule has 3 heterocycles. The number of hydrogen-bond donors (Lipinski definition) is 1. The molecule has 3 amide bonds. The van der Waals surface area contributed by atoms with Crippen molar-refractivity contribution in [2.24, 2.45) is 5.92 Å². The minimum absolute atomic E-state index is 0.260. The Morgan fingerprint density at radius 1 is 0.837 bits per heavy atom. The van der Waals surface area contributed by atoms with Crippen molar-refractivity contribution in [1.82, 2.24) is 4.57 Å². The van der Waals surface area contributed by atoms with Crippen LogP contribution in [0.1, 0.15) is 16.4 Å². The number of ether oxygens (including phenoxy) is 3. The molecule has 0 saturated carbocycles. The Morgan fingerprint density at radius 3 is 2.14 bits per heavy atom. The summed E-state index contributed by atoms with van der Waals surface area (Å²) in [6, 6.07) is 20.9. The zero-order valence-corrected chi connectivity index (χ0v) is 25.1. The Morgan fingerprint density at radius 2 is 1.49 bits per heavy atom. The van der Waals surface area contributed by atoms with Gasteiger partial charge in [-0.15, -0.1) is 0 Å². The van der Waals surface area contributed by atoms with Crippen LogP contribution in [-0.4, -0.2) is 48.9 Å². The third-order valence-corrected chi connectivity index (χ3v) is 10.1. The average Bonchev–Trinajstić information content (AvgIpc) is 3.47. The molecule has 0 bridgehead atoms. The molecule has 0 radical (unpaired) electrons. The SMILES string of the molecule is COc1ccc(NC(=O)Cn2c3c(sc2=O)C(c2ccccc2OC)C2C(=O)N(c4ccc(OC)cc4)C(=O)C2S3)cc1. The highest BCUT2D eigenvalue weighted by Gasteiger charge is 2.57. The quantitative estimate of drug-likeness (QED) is 0.290. The molecule has 12 heteroatoms. The topological polar surface area (TPSA) is 116 Å². The van der Waals surface area contributed by atoms with Crippen molar-refractivity contribution in [3.63, 3.8) is 0 Å². The van der Waals surface area contributed by atoms with Gasteiger partial charge < -0.3 is 19.5 Å². The van der Waals surface area contributed by atoms with Crippen molar-refractivity contribution in [2.75, 3.05) is 31.5 Å². The van der Waals surface area contributed by atoms with Gasteiger partial charge in [-0.2, -0.15) is 0 Å². The maximum Gasteiger partial charge on any atom is 0.308 e. The molecule has 2 aliphatic rings. The number of imide groups is 1. The molecule has 0 spiro atoms. The summed E-state index contributed by atoms with van der Waals surface area (Å²) >= 11 is 2.14. The fraction of sp³-hybridized carbons (Fsp3) is 0.226. The van der Waals surface area contributed by atoms with Gasteiger partial charge >= 0.3 is 4.87 Å². The number of para-hydroxylation sites is 1. The van der Waals surface area contributed by atoms with E-state index in [9.17, 15) is 19.2 Å². The molecular weight excluding hydrogens is 590 g/mol. The van der Waals surface area contributed by atoms with E-state index in [-0.39, 0.29) is 23.2 Å². The molecule has 1 N–H and O–H groups in total. The lowest BCUT2D eigenvalue weighted by Crippen LogP contribution is -2.33. The van der Waals surface area contributed by atoms with Crippen molar-refractivity contribution in [3.8, 4) is 17.2 Å². The van der Waals surface area contributed by atoms with Crippen molar-refractivity contribution in [2.45, 2.75) is 22.7 Å². The number of benzene rings is 3. The fourth-order valence-corrected chi connectivity index (χ4v) is 8.28. The number of carbonyl (C=O) groups excluding carboxylic acids is 3. The van der Waals surface area contributed by atoms with E-state index in [1.807, 2.05) is 18.2 Å². The highest BCUT2D eigenvalue weighted by atomic mass is 32.2. The van der Waals surface area contributed by atoms with Gasteiger partial charge in [-0.05, 0) is 54.6 Å². The van der Waals surface area contributed by atoms with Crippen LogP contribution in [0.25, 0.3) is 0 Å². The second-order valence-electron chi connectivity index (χ2n) is 9.89. The van der Waals surface area contributed by atoms with Crippen LogP contribution in [0.15, 0.2) is 82.6 Å². The van der Waals surface area contributed by atoms with Gasteiger partial charge in [0, 0.05) is 22.0 Å². The summed E-state index contributed by atoms with van der Waals surface area (Å²) in [5.74, 6) is -0.796. The van der Waals surface area contributed by atoms with Gasteiger partial charge in [0.05, 0.1) is 38.0 Å². The first kappa shape index (κ1) is 28.6. The molecule has 43 heavy (non-hydrogen) atoms. The molecule has 2 aliphatic heterocycles. The number of anilines is 2. The highest BCUT2D eigenvalue weighted by Crippen LogP contribution is 2.55. The second-order valence-corrected chi connectivity index (χ2v) is 12.0. The van der Waals surface area contributed by atoms with E-state index in [2.05, 4.69) is 5.32 Å². The van der Waals surface area contributed by atoms with Crippen LogP contribution in [0.3, 0.4) is 0 Å². The van der Waals surface area contributed by atoms with Crippen molar-refractivity contribution in [1.29, 1.82) is 0 Å². The number of carbonyl (C=O) groups is 3. The van der Waals surface area contributed by atoms with E-state index in [1.54, 1.807) is 68.8 Å². The van der Waals surface area contributed by atoms with Crippen LogP contribution in [0, 0.1) is 5.92 Å². The minimum atomic E-state index is -0.818. The van der Waals surface area contributed by atoms with Crippen LogP contribution in [0.2, 0.25) is 0 Å². The van der Waals surface area contributed by atoms with E-state index in [4.69, 9.17) is 14.2 Å². The largest absolute Gasteiger partial charge is 0.497 e. The zero-order chi connectivity index (χ0) is 30.2. The fourth-order valence-electron chi connectivity index (χ4n) is 5.52. The van der Waals surface area contributed by atoms with Crippen LogP contribution in [-0.2, 0) is 20.9 Å². The summed E-state index contributed by atoms with van der Waals surface area (Å²) < 4.78 is 17.5. The summed E-state index contributed by atoms with van der Waals surface area (Å²) in [6.45, 7) is -0.260. The van der Waals surface area contributed by atoms with Crippen LogP contribution in [0.5, 0.6) is 17.2 Å². The summed E-state index contributed by atoms with van der Waals surface area (Å²) in [4.78, 5) is 56.0. The number of thioether (sulfide) groups is 1. The number of aromatic nitrogens is 1. The van der Waals surface area contributed by atoms with Gasteiger partial charge in [-0.3, -0.25) is 23.7 Å². The van der Waals surface area contributed by atoms with Gasteiger partial charge in [0.25, 0.3) is 0 Å². The molecular formula is C31H27N3O7S2. The number of amides is 3. The monoisotopic (exact) mass is 617 g/mol. The van der Waals surface area contributed by atoms with E-state index >= 15 is 0 Å². The van der Waals surface area contributed by atoms with Crippen molar-refractivity contribution < 1.29 is 28.6 Å². The second kappa shape index (κ2) is 11.6. The lowest BCUT2D eigenvalue weighted by Gasteiger charge is -2.31. The summed E-state index contributed by atoms with van der Waals surface area (Å²) in [5.41, 5.74) is 1.67. The number of nitrogens with zero attached hydrogens (tertiary/aromatic N) is 2. The summed E-state index contributed by atoms with van der Waals surface area (Å²) in [6.07, 6.45) is 0. The standard InChI is InChI=1S/C31H27N3O7S2/c1-39-19-12-8-17(9-13-19)32-23(35)16-33-30-27(43-31(33)38)24(21-6-4-5-7-22(21)41-3)25-26(42-30)29(37)34(28(25)36)18-10-14-20(40-2)15-11-18/h4-15,24-26H,16H2,1-3H3,(H,32,35). The molecule has 3 atom stereocenters. The van der Waals surface area contributed by atoms with Crippen LogP contribution < -0.4 is 29.3 Å². The van der Waals surface area contributed by atoms with Gasteiger partial charge in [-0.25, -0.2) is 4.90 Å². The maximum atomic E-state index is 14.1. The number of thiazole rings is 1. The van der Waals surface area contributed by atoms with E-state index in [0.717, 1.165) is 23.1 Å². The average molecular weight is 618 g/mol. The predicted molar refractivity (Wildman–Crippen MR) is 164 cm³/mol. The Kier molecular flexibility index (Phi) is 7.72. The molecule has 1 aromatic heterocycles. The van der Waals surface area contributed by atoms with Crippen LogP contribution in [0.4, 0.5) is 11.4 Å². The zero-order valence-electron chi connectivity index (χ0n) is 23.4. The molecule has 3 aromatic carbocycles. The first-order valence-corrected chi connectivity index (χ1v) is 15.0. The van der Waals surface area contributed by atoms with Crippen molar-refractivity contribution >= 4 is 52.2 Å². The van der Waals surface area contributed by atoms with Gasteiger partial charge in [0.1, 0.15) is 29.0 Å². The van der Waals surface area contributed by atoms with Crippen LogP contribution >= 0.6 is 23.1 Å². The Bertz CT molecular complexity index is 1770. The van der Waals surface area contributed by atoms with E-state index in [0.29, 0.717) is 44.1 Å². The predicted octanol–water partition coefficient (Wildman–Crippen LogP) is 4.37. The molecule has 220 valence electrons. The number of fused-ring (bicyclic) bond motifs is 2. The normalized spacial score (nSPS) is 19.0. The Labute approximate surface area is 255 Å². The molecule has 6 rings (SSSR count). The Balaban J connectivity index is 1.40. The van der Waals surface area contributed by atoms with Gasteiger partial charge in [0.2, 0.25) is 17.7 Å². The first-order chi connectivity index (χ1) is 20.8. The first-order valence-electron chi connectivity index (χ1n) is 13.3. The highest BCUT2D eigenvalue weighted by molar-refractivity contribution is 8.00. The summed E-state index contributed by atoms with van der Waals surface area (Å²) in [7, 11) is 4.63. The maximum absolute atomic E-state index is 14.1. The van der Waals surface area contributed by atoms with Crippen molar-refractivity contribution in [3.05, 3.63) is 92.9 Å². The number of rotatable bonds is 8. The molecule has 10 nitrogen and oxygen atoms in total. The third kappa shape index (κ3) is 5.06. The number of hydrogen-bond acceptors (Lipinski definition) is 9. The molecule has 1 saturated heterocycles.